The van der Waals surface area contributed by atoms with Crippen molar-refractivity contribution in [1.29, 1.82) is 5.26 Å². The third kappa shape index (κ3) is 2.05. The molecule has 4 aliphatic rings. The number of nitrogens with zero attached hydrogens (tertiary/aromatic N) is 2. The number of likely N-dealkylation sites (tertiary alicyclic amines) is 1. The summed E-state index contributed by atoms with van der Waals surface area (Å²) in [5.74, 6) is -1.15. The average molecular weight is 367 g/mol. The van der Waals surface area contributed by atoms with Crippen molar-refractivity contribution in [3.8, 4) is 6.07 Å². The molecule has 4 atom stereocenters. The van der Waals surface area contributed by atoms with Crippen molar-refractivity contribution in [2.24, 2.45) is 23.7 Å². The Kier molecular flexibility index (Phi) is 3.35. The highest BCUT2D eigenvalue weighted by atomic mass is 32.1. The van der Waals surface area contributed by atoms with Crippen molar-refractivity contribution in [3.63, 3.8) is 0 Å². The number of hydrogen-bond acceptors (Lipinski definition) is 5. The third-order valence-electron chi connectivity index (χ3n) is 6.15. The Balaban J connectivity index is 1.32. The van der Waals surface area contributed by atoms with E-state index in [1.165, 1.54) is 11.3 Å². The number of rotatable bonds is 3. The molecule has 1 aromatic rings. The maximum absolute atomic E-state index is 12.7. The predicted molar refractivity (Wildman–Crippen MR) is 94.1 cm³/mol. The molecule has 3 amide bonds. The van der Waals surface area contributed by atoms with Gasteiger partial charge in [0.15, 0.2) is 0 Å². The molecule has 0 unspecified atom stereocenters. The molecule has 7 heteroatoms. The molecule has 6 nitrogen and oxygen atoms in total. The number of nitriles is 1. The fraction of sp³-hybridized carbons (Fsp3) is 0.474. The number of carbonyl (C=O) groups excluding carboxylic acids is 3. The minimum atomic E-state index is -0.414. The van der Waals surface area contributed by atoms with Crippen LogP contribution in [0.25, 0.3) is 0 Å². The lowest BCUT2D eigenvalue weighted by molar-refractivity contribution is -0.143. The molecule has 26 heavy (non-hydrogen) atoms. The van der Waals surface area contributed by atoms with E-state index in [1.54, 1.807) is 0 Å². The third-order valence-corrected chi connectivity index (χ3v) is 7.36. The SMILES string of the molecule is N#Cc1c(NC(=O)CN2C(=O)[C@@H]3[C@H](C2=O)[C@H]2C=C[C@H]3C2)sc2c1CCC2. The summed E-state index contributed by atoms with van der Waals surface area (Å²) in [6.07, 6.45) is 7.79. The number of anilines is 1. The fourth-order valence-corrected chi connectivity index (χ4v) is 6.30. The molecule has 1 saturated heterocycles. The molecule has 0 radical (unpaired) electrons. The van der Waals surface area contributed by atoms with Crippen molar-refractivity contribution < 1.29 is 14.4 Å². The van der Waals surface area contributed by atoms with Crippen molar-refractivity contribution >= 4 is 34.1 Å². The normalized spacial score (nSPS) is 30.7. The minimum absolute atomic E-state index is 0.139. The van der Waals surface area contributed by atoms with Gasteiger partial charge in [-0.3, -0.25) is 19.3 Å². The Labute approximate surface area is 154 Å². The van der Waals surface area contributed by atoms with E-state index in [4.69, 9.17) is 0 Å². The van der Waals surface area contributed by atoms with Crippen LogP contribution in [0.4, 0.5) is 5.00 Å². The monoisotopic (exact) mass is 367 g/mol. The van der Waals surface area contributed by atoms with E-state index in [9.17, 15) is 19.6 Å². The van der Waals surface area contributed by atoms with E-state index < -0.39 is 5.91 Å². The van der Waals surface area contributed by atoms with Crippen LogP contribution in [0.1, 0.15) is 28.8 Å². The number of hydrogen-bond donors (Lipinski definition) is 1. The van der Waals surface area contributed by atoms with Gasteiger partial charge in [0.25, 0.3) is 0 Å². The Morgan fingerprint density at radius 3 is 2.58 bits per heavy atom. The highest BCUT2D eigenvalue weighted by Gasteiger charge is 2.59. The molecule has 2 fully saturated rings. The second kappa shape index (κ2) is 5.52. The number of amides is 3. The Hall–Kier alpha value is -2.46. The summed E-state index contributed by atoms with van der Waals surface area (Å²) in [6.45, 7) is -0.266. The molecule has 132 valence electrons. The molecule has 0 spiro atoms. The molecule has 1 aliphatic heterocycles. The quantitative estimate of drug-likeness (QED) is 0.652. The molecule has 1 aromatic heterocycles. The van der Waals surface area contributed by atoms with Gasteiger partial charge in [-0.2, -0.15) is 5.26 Å². The Bertz CT molecular complexity index is 895. The number of nitrogens with one attached hydrogen (secondary N) is 1. The van der Waals surface area contributed by atoms with Crippen LogP contribution in [-0.2, 0) is 27.2 Å². The lowest BCUT2D eigenvalue weighted by atomic mass is 9.85. The first kappa shape index (κ1) is 15.8. The summed E-state index contributed by atoms with van der Waals surface area (Å²) in [6, 6.07) is 2.18. The van der Waals surface area contributed by atoms with Gasteiger partial charge in [-0.1, -0.05) is 12.2 Å². The summed E-state index contributed by atoms with van der Waals surface area (Å²) in [5.41, 5.74) is 1.58. The Morgan fingerprint density at radius 2 is 1.92 bits per heavy atom. The first-order valence-electron chi connectivity index (χ1n) is 8.96. The van der Waals surface area contributed by atoms with E-state index in [0.717, 1.165) is 41.0 Å². The van der Waals surface area contributed by atoms with E-state index in [-0.39, 0.29) is 42.0 Å². The zero-order chi connectivity index (χ0) is 18.0. The van der Waals surface area contributed by atoms with Gasteiger partial charge in [-0.05, 0) is 43.1 Å². The van der Waals surface area contributed by atoms with Crippen LogP contribution in [0.2, 0.25) is 0 Å². The van der Waals surface area contributed by atoms with E-state index in [0.29, 0.717) is 10.6 Å². The lowest BCUT2D eigenvalue weighted by Gasteiger charge is -2.16. The molecule has 5 rings (SSSR count). The molecular formula is C19H17N3O3S. The smallest absolute Gasteiger partial charge is 0.245 e. The summed E-state index contributed by atoms with van der Waals surface area (Å²) in [7, 11) is 0. The second-order valence-electron chi connectivity index (χ2n) is 7.48. The van der Waals surface area contributed by atoms with Gasteiger partial charge < -0.3 is 5.32 Å². The number of fused-ring (bicyclic) bond motifs is 6. The summed E-state index contributed by atoms with van der Waals surface area (Å²) >= 11 is 1.44. The molecule has 3 aliphatic carbocycles. The van der Waals surface area contributed by atoms with Gasteiger partial charge in [-0.15, -0.1) is 11.3 Å². The first-order chi connectivity index (χ1) is 12.6. The Morgan fingerprint density at radius 1 is 1.23 bits per heavy atom. The van der Waals surface area contributed by atoms with E-state index >= 15 is 0 Å². The van der Waals surface area contributed by atoms with Gasteiger partial charge in [-0.25, -0.2) is 0 Å². The van der Waals surface area contributed by atoms with Crippen molar-refractivity contribution in [2.75, 3.05) is 11.9 Å². The number of carbonyl (C=O) groups is 3. The van der Waals surface area contributed by atoms with E-state index in [2.05, 4.69) is 11.4 Å². The van der Waals surface area contributed by atoms with Crippen LogP contribution in [0.15, 0.2) is 12.2 Å². The highest BCUT2D eigenvalue weighted by molar-refractivity contribution is 7.16. The van der Waals surface area contributed by atoms with Crippen molar-refractivity contribution in [2.45, 2.75) is 25.7 Å². The molecule has 2 heterocycles. The molecule has 1 N–H and O–H groups in total. The highest BCUT2D eigenvalue weighted by Crippen LogP contribution is 2.52. The summed E-state index contributed by atoms with van der Waals surface area (Å²) in [4.78, 5) is 40.1. The number of aryl methyl sites for hydroxylation is 1. The van der Waals surface area contributed by atoms with E-state index in [1.807, 2.05) is 12.2 Å². The largest absolute Gasteiger partial charge is 0.315 e. The van der Waals surface area contributed by atoms with Gasteiger partial charge in [0.05, 0.1) is 17.4 Å². The maximum atomic E-state index is 12.7. The number of imide groups is 1. The van der Waals surface area contributed by atoms with Gasteiger partial charge in [0.2, 0.25) is 17.7 Å². The molecule has 1 saturated carbocycles. The van der Waals surface area contributed by atoms with Gasteiger partial charge in [0, 0.05) is 4.88 Å². The first-order valence-corrected chi connectivity index (χ1v) is 9.78. The van der Waals surface area contributed by atoms with Crippen molar-refractivity contribution in [1.82, 2.24) is 4.90 Å². The van der Waals surface area contributed by atoms with Crippen LogP contribution in [0.5, 0.6) is 0 Å². The fourth-order valence-electron chi connectivity index (χ4n) is 5.04. The van der Waals surface area contributed by atoms with Crippen molar-refractivity contribution in [3.05, 3.63) is 28.2 Å². The van der Waals surface area contributed by atoms with Gasteiger partial charge >= 0.3 is 0 Å². The predicted octanol–water partition coefficient (Wildman–Crippen LogP) is 1.85. The van der Waals surface area contributed by atoms with Gasteiger partial charge in [0.1, 0.15) is 17.6 Å². The van der Waals surface area contributed by atoms with Crippen LogP contribution in [-0.4, -0.2) is 29.2 Å². The van der Waals surface area contributed by atoms with Crippen LogP contribution >= 0.6 is 11.3 Å². The molecule has 0 aromatic carbocycles. The van der Waals surface area contributed by atoms with Crippen LogP contribution in [0, 0.1) is 35.0 Å². The molecule has 2 bridgehead atoms. The summed E-state index contributed by atoms with van der Waals surface area (Å²) < 4.78 is 0. The lowest BCUT2D eigenvalue weighted by Crippen LogP contribution is -2.39. The number of thiophene rings is 1. The molecular weight excluding hydrogens is 350 g/mol. The second-order valence-corrected chi connectivity index (χ2v) is 8.59. The summed E-state index contributed by atoms with van der Waals surface area (Å²) in [5, 5.41) is 12.7. The zero-order valence-corrected chi connectivity index (χ0v) is 14.8. The number of allylic oxidation sites excluding steroid dienone is 2. The standard InChI is InChI=1S/C19H17N3O3S/c20-7-12-11-2-1-3-13(11)26-17(12)21-14(23)8-22-18(24)15-9-4-5-10(6-9)16(15)19(22)25/h4-5,9-10,15-16H,1-3,6,8H2,(H,21,23)/t9-,10-,15-,16+/m0/s1. The average Bonchev–Trinajstić information content (AvgIpc) is 3.39. The van der Waals surface area contributed by atoms with Crippen LogP contribution < -0.4 is 5.32 Å². The maximum Gasteiger partial charge on any atom is 0.245 e. The topological polar surface area (TPSA) is 90.3 Å². The zero-order valence-electron chi connectivity index (χ0n) is 14.0. The van der Waals surface area contributed by atoms with Crippen LogP contribution in [0.3, 0.4) is 0 Å². The minimum Gasteiger partial charge on any atom is -0.315 e.